The van der Waals surface area contributed by atoms with Crippen LogP contribution in [-0.4, -0.2) is 18.4 Å². The number of benzene rings is 2. The van der Waals surface area contributed by atoms with Gasteiger partial charge in [0.05, 0.1) is 27.2 Å². The lowest BCUT2D eigenvalue weighted by molar-refractivity contribution is 0.596. The van der Waals surface area contributed by atoms with Crippen molar-refractivity contribution in [2.75, 3.05) is 0 Å². The van der Waals surface area contributed by atoms with Crippen molar-refractivity contribution in [3.63, 3.8) is 0 Å². The molecule has 5 heteroatoms. The second-order valence-electron chi connectivity index (χ2n) is 3.90. The van der Waals surface area contributed by atoms with Crippen LogP contribution in [0.4, 0.5) is 0 Å². The number of hydrogen-bond donors (Lipinski definition) is 1. The fraction of sp³-hybridized carbons (Fsp3) is 0. The second kappa shape index (κ2) is 3.96. The molecule has 2 aromatic carbocycles. The van der Waals surface area contributed by atoms with Crippen LogP contribution in [0.1, 0.15) is 0 Å². The van der Waals surface area contributed by atoms with Gasteiger partial charge in [-0.25, -0.2) is 13.4 Å². The number of aromatic nitrogens is 2. The summed E-state index contributed by atoms with van der Waals surface area (Å²) in [6, 6.07) is 13.3. The zero-order chi connectivity index (χ0) is 12.6. The van der Waals surface area contributed by atoms with Gasteiger partial charge < -0.3 is 4.98 Å². The predicted octanol–water partition coefficient (Wildman–Crippen LogP) is 2.40. The monoisotopic (exact) mass is 258 g/mol. The van der Waals surface area contributed by atoms with Crippen molar-refractivity contribution < 1.29 is 8.42 Å². The summed E-state index contributed by atoms with van der Waals surface area (Å²) in [6.07, 6.45) is 1.55. The van der Waals surface area contributed by atoms with E-state index in [0.29, 0.717) is 10.4 Å². The highest BCUT2D eigenvalue weighted by Gasteiger charge is 2.17. The van der Waals surface area contributed by atoms with Crippen molar-refractivity contribution in [3.8, 4) is 0 Å². The van der Waals surface area contributed by atoms with Gasteiger partial charge in [-0.15, -0.1) is 0 Å². The minimum Gasteiger partial charge on any atom is -0.345 e. The van der Waals surface area contributed by atoms with Gasteiger partial charge in [0, 0.05) is 0 Å². The van der Waals surface area contributed by atoms with Crippen LogP contribution in [-0.2, 0) is 9.84 Å². The molecule has 1 heterocycles. The number of hydrogen-bond acceptors (Lipinski definition) is 3. The molecule has 1 N–H and O–H groups in total. The molecular formula is C13H10N2O2S. The molecule has 3 aromatic rings. The Morgan fingerprint density at radius 3 is 2.50 bits per heavy atom. The Morgan fingerprint density at radius 2 is 1.72 bits per heavy atom. The van der Waals surface area contributed by atoms with Crippen LogP contribution in [0.25, 0.3) is 11.0 Å². The molecule has 3 rings (SSSR count). The van der Waals surface area contributed by atoms with Crippen LogP contribution < -0.4 is 0 Å². The van der Waals surface area contributed by atoms with Gasteiger partial charge in [-0.3, -0.25) is 0 Å². The third-order valence-electron chi connectivity index (χ3n) is 2.76. The zero-order valence-electron chi connectivity index (χ0n) is 9.37. The summed E-state index contributed by atoms with van der Waals surface area (Å²) in [5.41, 5.74) is 1.47. The summed E-state index contributed by atoms with van der Waals surface area (Å²) >= 11 is 0. The third-order valence-corrected chi connectivity index (χ3v) is 4.52. The van der Waals surface area contributed by atoms with E-state index in [0.717, 1.165) is 5.52 Å². The van der Waals surface area contributed by atoms with E-state index in [9.17, 15) is 8.42 Å². The summed E-state index contributed by atoms with van der Waals surface area (Å²) < 4.78 is 24.7. The normalized spacial score (nSPS) is 11.8. The lowest BCUT2D eigenvalue weighted by Gasteiger charge is -2.04. The standard InChI is InChI=1S/C13H10N2O2S/c16-18(17,10-4-2-1-3-5-10)11-6-7-12-13(8-11)15-9-14-12/h1-9H,(H,14,15). The number of aromatic amines is 1. The zero-order valence-corrected chi connectivity index (χ0v) is 10.2. The van der Waals surface area contributed by atoms with Gasteiger partial charge in [-0.05, 0) is 30.3 Å². The average molecular weight is 258 g/mol. The molecule has 90 valence electrons. The first-order valence-corrected chi connectivity index (χ1v) is 6.89. The molecule has 18 heavy (non-hydrogen) atoms. The van der Waals surface area contributed by atoms with E-state index in [2.05, 4.69) is 9.97 Å². The maximum Gasteiger partial charge on any atom is 0.206 e. The molecule has 0 spiro atoms. The first kappa shape index (κ1) is 11.0. The highest BCUT2D eigenvalue weighted by atomic mass is 32.2. The van der Waals surface area contributed by atoms with Crippen molar-refractivity contribution in [3.05, 3.63) is 54.9 Å². The average Bonchev–Trinajstić information content (AvgIpc) is 2.87. The van der Waals surface area contributed by atoms with Crippen LogP contribution >= 0.6 is 0 Å². The largest absolute Gasteiger partial charge is 0.345 e. The quantitative estimate of drug-likeness (QED) is 0.767. The van der Waals surface area contributed by atoms with Crippen molar-refractivity contribution in [1.29, 1.82) is 0 Å². The molecule has 0 saturated heterocycles. The highest BCUT2D eigenvalue weighted by molar-refractivity contribution is 7.91. The second-order valence-corrected chi connectivity index (χ2v) is 5.85. The molecule has 0 radical (unpaired) electrons. The van der Waals surface area contributed by atoms with Crippen LogP contribution in [0.2, 0.25) is 0 Å². The molecule has 4 nitrogen and oxygen atoms in total. The molecule has 0 atom stereocenters. The van der Waals surface area contributed by atoms with E-state index in [4.69, 9.17) is 0 Å². The van der Waals surface area contributed by atoms with Gasteiger partial charge in [0.2, 0.25) is 9.84 Å². The SMILES string of the molecule is O=S(=O)(c1ccccc1)c1ccc2[nH]cnc2c1. The van der Waals surface area contributed by atoms with Gasteiger partial charge in [-0.2, -0.15) is 0 Å². The number of nitrogens with one attached hydrogen (secondary N) is 1. The number of fused-ring (bicyclic) bond motifs is 1. The van der Waals surface area contributed by atoms with Gasteiger partial charge >= 0.3 is 0 Å². The molecule has 0 bridgehead atoms. The van der Waals surface area contributed by atoms with Gasteiger partial charge in [0.1, 0.15) is 0 Å². The maximum atomic E-state index is 12.4. The smallest absolute Gasteiger partial charge is 0.206 e. The Bertz CT molecular complexity index is 792. The van der Waals surface area contributed by atoms with E-state index in [1.165, 1.54) is 0 Å². The minimum absolute atomic E-state index is 0.258. The Labute approximate surface area is 104 Å². The number of nitrogens with zero attached hydrogens (tertiary/aromatic N) is 1. The molecule has 0 amide bonds. The van der Waals surface area contributed by atoms with E-state index < -0.39 is 9.84 Å². The van der Waals surface area contributed by atoms with Crippen LogP contribution in [0.5, 0.6) is 0 Å². The van der Waals surface area contributed by atoms with Gasteiger partial charge in [0.25, 0.3) is 0 Å². The first-order chi connectivity index (χ1) is 8.68. The van der Waals surface area contributed by atoms with Crippen LogP contribution in [0, 0.1) is 0 Å². The number of rotatable bonds is 2. The van der Waals surface area contributed by atoms with E-state index in [1.54, 1.807) is 54.9 Å². The summed E-state index contributed by atoms with van der Waals surface area (Å²) in [5, 5.41) is 0. The number of imidazole rings is 1. The van der Waals surface area contributed by atoms with E-state index in [1.807, 2.05) is 0 Å². The van der Waals surface area contributed by atoms with E-state index >= 15 is 0 Å². The minimum atomic E-state index is -3.46. The fourth-order valence-corrected chi connectivity index (χ4v) is 3.12. The van der Waals surface area contributed by atoms with Gasteiger partial charge in [0.15, 0.2) is 0 Å². The van der Waals surface area contributed by atoms with Crippen LogP contribution in [0.15, 0.2) is 64.6 Å². The van der Waals surface area contributed by atoms with Crippen molar-refractivity contribution in [2.24, 2.45) is 0 Å². The Kier molecular flexibility index (Phi) is 2.41. The van der Waals surface area contributed by atoms with Crippen LogP contribution in [0.3, 0.4) is 0 Å². The molecule has 1 aromatic heterocycles. The molecular weight excluding hydrogens is 248 g/mol. The first-order valence-electron chi connectivity index (χ1n) is 5.41. The summed E-state index contributed by atoms with van der Waals surface area (Å²) in [4.78, 5) is 7.55. The predicted molar refractivity (Wildman–Crippen MR) is 68.0 cm³/mol. The molecule has 0 unspecified atom stereocenters. The maximum absolute atomic E-state index is 12.4. The highest BCUT2D eigenvalue weighted by Crippen LogP contribution is 2.22. The number of H-pyrrole nitrogens is 1. The van der Waals surface area contributed by atoms with Gasteiger partial charge in [-0.1, -0.05) is 18.2 Å². The molecule has 0 aliphatic carbocycles. The molecule has 0 aliphatic rings. The third kappa shape index (κ3) is 1.69. The molecule has 0 fully saturated rings. The summed E-state index contributed by atoms with van der Waals surface area (Å²) in [6.45, 7) is 0. The lowest BCUT2D eigenvalue weighted by atomic mass is 10.3. The Balaban J connectivity index is 2.19. The lowest BCUT2D eigenvalue weighted by Crippen LogP contribution is -2.01. The van der Waals surface area contributed by atoms with Crippen molar-refractivity contribution in [1.82, 2.24) is 9.97 Å². The van der Waals surface area contributed by atoms with Crippen molar-refractivity contribution in [2.45, 2.75) is 9.79 Å². The topological polar surface area (TPSA) is 62.8 Å². The molecule has 0 saturated carbocycles. The summed E-state index contributed by atoms with van der Waals surface area (Å²) in [5.74, 6) is 0. The van der Waals surface area contributed by atoms with E-state index in [-0.39, 0.29) is 4.90 Å². The molecule has 0 aliphatic heterocycles. The fourth-order valence-electron chi connectivity index (χ4n) is 1.81. The Morgan fingerprint density at radius 1 is 0.944 bits per heavy atom. The van der Waals surface area contributed by atoms with Crippen molar-refractivity contribution >= 4 is 20.9 Å². The number of sulfone groups is 1. The Hall–Kier alpha value is -2.14. The summed E-state index contributed by atoms with van der Waals surface area (Å²) in [7, 11) is -3.46.